The molecule has 0 N–H and O–H groups in total. The molecule has 0 aromatic heterocycles. The Morgan fingerprint density at radius 3 is 1.75 bits per heavy atom. The van der Waals surface area contributed by atoms with Gasteiger partial charge in [0.25, 0.3) is 0 Å². The van der Waals surface area contributed by atoms with Crippen LogP contribution in [0.2, 0.25) is 0 Å². The van der Waals surface area contributed by atoms with Crippen molar-refractivity contribution in [2.24, 2.45) is 0 Å². The molecular weight excluding hydrogens is 124 g/mol. The quantitative estimate of drug-likeness (QED) is 0.368. The van der Waals surface area contributed by atoms with Gasteiger partial charge in [-0.1, -0.05) is 0 Å². The van der Waals surface area contributed by atoms with E-state index in [-0.39, 0.29) is 4.70 Å². The third-order valence-corrected chi connectivity index (χ3v) is 0. The Balaban J connectivity index is 0. The second kappa shape index (κ2) is 11.5. The van der Waals surface area contributed by atoms with Crippen molar-refractivity contribution in [1.82, 2.24) is 0 Å². The first-order chi connectivity index (χ1) is 1.41. The summed E-state index contributed by atoms with van der Waals surface area (Å²) in [4.78, 5) is 0. The summed E-state index contributed by atoms with van der Waals surface area (Å²) in [5.41, 5.74) is 0. The predicted octanol–water partition coefficient (Wildman–Crippen LogP) is -1.54. The van der Waals surface area contributed by atoms with E-state index in [1.54, 1.807) is 0 Å². The summed E-state index contributed by atoms with van der Waals surface area (Å²) in [6.45, 7) is 0. The molecule has 0 bridgehead atoms. The summed E-state index contributed by atoms with van der Waals surface area (Å²) in [5.74, 6) is 0. The van der Waals surface area contributed by atoms with E-state index in [0.717, 1.165) is 0 Å². The maximum absolute atomic E-state index is 8.50. The van der Waals surface area contributed by atoms with Gasteiger partial charge >= 0.3 is 23.6 Å². The number of hydrogen-bond donors (Lipinski definition) is 0. The topological polar surface area (TPSA) is 40.1 Å². The molecule has 0 saturated carbocycles. The van der Waals surface area contributed by atoms with Crippen LogP contribution in [0.4, 0.5) is 4.70 Å². The normalized spacial score (nSPS) is 3.00. The van der Waals surface area contributed by atoms with Gasteiger partial charge in [0.05, 0.1) is 0 Å². The van der Waals surface area contributed by atoms with Crippen LogP contribution >= 0.6 is 0 Å². The molecular formula is HFGeO2-. The van der Waals surface area contributed by atoms with Crippen LogP contribution in [0.1, 0.15) is 0 Å². The standard InChI is InChI=1S/FH.GeO2/c;2-1-3/h1H;/q;-1. The zero-order chi connectivity index (χ0) is 2.71. The molecule has 4 heteroatoms. The molecule has 0 aromatic rings. The van der Waals surface area contributed by atoms with E-state index in [4.69, 9.17) is 7.91 Å². The van der Waals surface area contributed by atoms with E-state index in [0.29, 0.717) is 0 Å². The molecule has 0 aromatic carbocycles. The molecule has 0 aliphatic heterocycles. The van der Waals surface area contributed by atoms with Crippen LogP contribution in [0.15, 0.2) is 0 Å². The summed E-state index contributed by atoms with van der Waals surface area (Å²) < 4.78 is 17.0. The zero-order valence-electron chi connectivity index (χ0n) is 1.72. The van der Waals surface area contributed by atoms with Crippen LogP contribution in [0.25, 0.3) is 0 Å². The minimum absolute atomic E-state index is 0. The molecule has 0 atom stereocenters. The van der Waals surface area contributed by atoms with Gasteiger partial charge in [0.2, 0.25) is 0 Å². The maximum atomic E-state index is 8.50. The minimum atomic E-state index is -2.00. The molecule has 2 nitrogen and oxygen atoms in total. The van der Waals surface area contributed by atoms with Crippen molar-refractivity contribution in [3.8, 4) is 0 Å². The van der Waals surface area contributed by atoms with E-state index in [1.165, 1.54) is 0 Å². The molecule has 25 valence electrons. The van der Waals surface area contributed by atoms with Gasteiger partial charge in [-0.2, -0.15) is 0 Å². The Labute approximate surface area is 29.2 Å². The predicted molar refractivity (Wildman–Crippen MR) is 8.94 cm³/mol. The molecule has 4 heavy (non-hydrogen) atoms. The van der Waals surface area contributed by atoms with Gasteiger partial charge in [0.1, 0.15) is 0 Å². The van der Waals surface area contributed by atoms with E-state index in [9.17, 15) is 0 Å². The summed E-state index contributed by atoms with van der Waals surface area (Å²) in [7, 11) is 0. The second-order valence-electron chi connectivity index (χ2n) is 0.0833. The average molecular weight is 125 g/mol. The molecule has 1 radical (unpaired) electrons. The van der Waals surface area contributed by atoms with Crippen molar-refractivity contribution in [1.29, 1.82) is 0 Å². The van der Waals surface area contributed by atoms with Crippen molar-refractivity contribution < 1.29 is 12.6 Å². The van der Waals surface area contributed by atoms with Gasteiger partial charge in [-0.3, -0.25) is 4.70 Å². The second-order valence-corrected chi connectivity index (χ2v) is 0.433. The van der Waals surface area contributed by atoms with Crippen LogP contribution in [0.5, 0.6) is 0 Å². The monoisotopic (exact) mass is 126 g/mol. The summed E-state index contributed by atoms with van der Waals surface area (Å²) in [6, 6.07) is 0. The van der Waals surface area contributed by atoms with Crippen molar-refractivity contribution >= 4 is 15.7 Å². The molecule has 0 spiro atoms. The molecule has 0 aliphatic carbocycles. The van der Waals surface area contributed by atoms with E-state index < -0.39 is 15.7 Å². The Hall–Kier alpha value is 0.0729. The average Bonchev–Trinajstić information content (AvgIpc) is 0.918. The number of rotatable bonds is 0. The van der Waals surface area contributed by atoms with Gasteiger partial charge in [0, 0.05) is 0 Å². The third-order valence-electron chi connectivity index (χ3n) is 0. The van der Waals surface area contributed by atoms with Crippen molar-refractivity contribution in [3.05, 3.63) is 0 Å². The fraction of sp³-hybridized carbons (Fsp3) is 0. The zero-order valence-corrected chi connectivity index (χ0v) is 3.82. The molecule has 0 aliphatic rings. The van der Waals surface area contributed by atoms with Crippen LogP contribution in [0.3, 0.4) is 0 Å². The van der Waals surface area contributed by atoms with Gasteiger partial charge in [-0.15, -0.1) is 0 Å². The number of halogens is 1. The molecule has 0 amide bonds. The van der Waals surface area contributed by atoms with Gasteiger partial charge < -0.3 is 0 Å². The van der Waals surface area contributed by atoms with Crippen LogP contribution in [-0.2, 0) is 3.78 Å². The molecule has 0 saturated heterocycles. The summed E-state index contributed by atoms with van der Waals surface area (Å²) in [6.07, 6.45) is 0. The van der Waals surface area contributed by atoms with E-state index in [2.05, 4.69) is 0 Å². The SMILES string of the molecule is F.[O]=[Ge][O-]. The van der Waals surface area contributed by atoms with Gasteiger partial charge in [-0.05, 0) is 0 Å². The third kappa shape index (κ3) is 449. The fourth-order valence-corrected chi connectivity index (χ4v) is 0. The number of hydrogen-bond acceptors (Lipinski definition) is 2. The van der Waals surface area contributed by atoms with Crippen molar-refractivity contribution in [3.63, 3.8) is 0 Å². The molecule has 0 unspecified atom stereocenters. The summed E-state index contributed by atoms with van der Waals surface area (Å²) in [5, 5.41) is 0. The Bertz CT molecular complexity index is 13.5. The molecule has 0 fully saturated rings. The Morgan fingerprint density at radius 2 is 1.75 bits per heavy atom. The first-order valence-electron chi connectivity index (χ1n) is 0.408. The Morgan fingerprint density at radius 1 is 1.75 bits per heavy atom. The Kier molecular flexibility index (Phi) is 25.7. The van der Waals surface area contributed by atoms with Crippen LogP contribution in [-0.4, -0.2) is 15.7 Å². The van der Waals surface area contributed by atoms with E-state index in [1.807, 2.05) is 0 Å². The van der Waals surface area contributed by atoms with Crippen molar-refractivity contribution in [2.45, 2.75) is 0 Å². The van der Waals surface area contributed by atoms with Crippen molar-refractivity contribution in [2.75, 3.05) is 0 Å². The summed E-state index contributed by atoms with van der Waals surface area (Å²) >= 11 is -2.00. The van der Waals surface area contributed by atoms with Gasteiger partial charge in [0.15, 0.2) is 0 Å². The van der Waals surface area contributed by atoms with Crippen LogP contribution < -0.4 is 4.13 Å². The first kappa shape index (κ1) is 8.95. The van der Waals surface area contributed by atoms with E-state index >= 15 is 0 Å². The molecule has 0 heterocycles. The molecule has 0 rings (SSSR count). The first-order valence-corrected chi connectivity index (χ1v) is 2.12. The van der Waals surface area contributed by atoms with Gasteiger partial charge in [-0.25, -0.2) is 0 Å². The fourth-order valence-electron chi connectivity index (χ4n) is 0. The van der Waals surface area contributed by atoms with Crippen LogP contribution in [0, 0.1) is 0 Å².